The van der Waals surface area contributed by atoms with Crippen molar-refractivity contribution in [3.63, 3.8) is 0 Å². The molecular weight excluding hydrogens is 773 g/mol. The van der Waals surface area contributed by atoms with Crippen molar-refractivity contribution in [3.05, 3.63) is 255 Å². The highest BCUT2D eigenvalue weighted by atomic mass is 15.2. The van der Waals surface area contributed by atoms with E-state index >= 15 is 0 Å². The van der Waals surface area contributed by atoms with Gasteiger partial charge in [-0.1, -0.05) is 206 Å². The summed E-state index contributed by atoms with van der Waals surface area (Å²) in [5.74, 6) is 0. The van der Waals surface area contributed by atoms with E-state index in [2.05, 4.69) is 264 Å². The first-order valence-corrected chi connectivity index (χ1v) is 22.0. The van der Waals surface area contributed by atoms with Crippen LogP contribution < -0.4 is 4.90 Å². The first-order valence-electron chi connectivity index (χ1n) is 22.0. The normalized spacial score (nSPS) is 11.4. The Morgan fingerprint density at radius 1 is 0.266 bits per heavy atom. The number of nitrogens with zero attached hydrogens (tertiary/aromatic N) is 2. The zero-order valence-electron chi connectivity index (χ0n) is 35.1. The molecule has 0 fully saturated rings. The Bertz CT molecular complexity index is 3620. The fourth-order valence-electron chi connectivity index (χ4n) is 9.95. The van der Waals surface area contributed by atoms with Gasteiger partial charge in [0.15, 0.2) is 0 Å². The summed E-state index contributed by atoms with van der Waals surface area (Å²) in [4.78, 5) is 2.47. The molecule has 0 saturated carbocycles. The molecular formula is C62H42N2. The summed E-state index contributed by atoms with van der Waals surface area (Å²) in [5, 5.41) is 7.50. The predicted molar refractivity (Wildman–Crippen MR) is 272 cm³/mol. The highest BCUT2D eigenvalue weighted by molar-refractivity contribution is 6.14. The molecule has 0 atom stereocenters. The van der Waals surface area contributed by atoms with Crippen molar-refractivity contribution in [2.75, 3.05) is 4.90 Å². The van der Waals surface area contributed by atoms with Gasteiger partial charge in [0.25, 0.3) is 0 Å². The van der Waals surface area contributed by atoms with Crippen molar-refractivity contribution in [1.29, 1.82) is 0 Å². The lowest BCUT2D eigenvalue weighted by molar-refractivity contribution is 1.15. The topological polar surface area (TPSA) is 8.17 Å². The lowest BCUT2D eigenvalue weighted by Gasteiger charge is -2.31. The molecule has 2 nitrogen and oxygen atoms in total. The van der Waals surface area contributed by atoms with Crippen LogP contribution in [-0.2, 0) is 0 Å². The highest BCUT2D eigenvalue weighted by Crippen LogP contribution is 2.48. The molecule has 2 heteroatoms. The van der Waals surface area contributed by atoms with Gasteiger partial charge in [0.2, 0.25) is 0 Å². The molecule has 64 heavy (non-hydrogen) atoms. The Labute approximate surface area is 373 Å². The monoisotopic (exact) mass is 814 g/mol. The predicted octanol–water partition coefficient (Wildman–Crippen LogP) is 17.2. The molecule has 1 heterocycles. The average molecular weight is 815 g/mol. The smallest absolute Gasteiger partial charge is 0.0702 e. The molecule has 0 radical (unpaired) electrons. The van der Waals surface area contributed by atoms with E-state index in [9.17, 15) is 0 Å². The van der Waals surface area contributed by atoms with Gasteiger partial charge < -0.3 is 9.47 Å². The molecule has 0 N–H and O–H groups in total. The Balaban J connectivity index is 1.10. The minimum absolute atomic E-state index is 1.07. The Morgan fingerprint density at radius 3 is 1.41 bits per heavy atom. The van der Waals surface area contributed by atoms with Crippen LogP contribution in [0.4, 0.5) is 17.1 Å². The van der Waals surface area contributed by atoms with Gasteiger partial charge in [0, 0.05) is 22.0 Å². The van der Waals surface area contributed by atoms with Crippen molar-refractivity contribution >= 4 is 60.4 Å². The second-order valence-electron chi connectivity index (χ2n) is 16.4. The van der Waals surface area contributed by atoms with Crippen LogP contribution in [0, 0.1) is 0 Å². The molecule has 0 unspecified atom stereocenters. The number of hydrogen-bond donors (Lipinski definition) is 0. The fourth-order valence-corrected chi connectivity index (χ4v) is 9.95. The maximum atomic E-state index is 2.47. The van der Waals surface area contributed by atoms with Crippen LogP contribution in [0.3, 0.4) is 0 Å². The van der Waals surface area contributed by atoms with Crippen LogP contribution in [0.15, 0.2) is 255 Å². The first kappa shape index (κ1) is 37.3. The number of hydrogen-bond acceptors (Lipinski definition) is 1. The second kappa shape index (κ2) is 15.8. The van der Waals surface area contributed by atoms with Gasteiger partial charge in [0.1, 0.15) is 0 Å². The number of rotatable bonds is 8. The summed E-state index contributed by atoms with van der Waals surface area (Å²) in [6.45, 7) is 0. The third-order valence-corrected chi connectivity index (χ3v) is 12.8. The van der Waals surface area contributed by atoms with Gasteiger partial charge in [0.05, 0.1) is 28.1 Å². The van der Waals surface area contributed by atoms with Gasteiger partial charge in [-0.15, -0.1) is 0 Å². The summed E-state index contributed by atoms with van der Waals surface area (Å²) in [5.41, 5.74) is 16.2. The summed E-state index contributed by atoms with van der Waals surface area (Å²) in [7, 11) is 0. The molecule has 12 rings (SSSR count). The minimum atomic E-state index is 1.07. The number of aromatic nitrogens is 1. The maximum absolute atomic E-state index is 2.47. The number of benzene rings is 11. The van der Waals surface area contributed by atoms with Crippen LogP contribution in [0.5, 0.6) is 0 Å². The molecule has 300 valence electrons. The average Bonchev–Trinajstić information content (AvgIpc) is 3.71. The zero-order valence-corrected chi connectivity index (χ0v) is 35.1. The van der Waals surface area contributed by atoms with Crippen LogP contribution in [0.2, 0.25) is 0 Å². The number of anilines is 3. The van der Waals surface area contributed by atoms with E-state index < -0.39 is 0 Å². The standard InChI is InChI=1S/C62H42N2/c1-2-20-43(21-3-1)47-23-6-7-25-49(47)51-27-9-10-28-52(51)54-30-12-15-33-58(54)63(61-36-18-19-37-62(61)64-59-34-16-13-31-55(59)56-32-14-17-35-60(56)64)46-40-38-44(39-41-46)57-42-45-22-4-5-24-48(45)50-26-8-11-29-53(50)57/h1-42H. The van der Waals surface area contributed by atoms with E-state index in [1.807, 2.05) is 0 Å². The molecule has 0 saturated heterocycles. The molecule has 11 aromatic carbocycles. The molecule has 0 amide bonds. The van der Waals surface area contributed by atoms with Gasteiger partial charge in [-0.25, -0.2) is 0 Å². The van der Waals surface area contributed by atoms with E-state index in [0.29, 0.717) is 0 Å². The lowest BCUT2D eigenvalue weighted by atomic mass is 9.88. The summed E-state index contributed by atoms with van der Waals surface area (Å²) in [6, 6.07) is 92.8. The van der Waals surface area contributed by atoms with Crippen molar-refractivity contribution in [3.8, 4) is 50.2 Å². The van der Waals surface area contributed by atoms with Crippen LogP contribution in [0.25, 0.3) is 93.5 Å². The second-order valence-corrected chi connectivity index (χ2v) is 16.4. The molecule has 0 bridgehead atoms. The Hall–Kier alpha value is -8.46. The van der Waals surface area contributed by atoms with Gasteiger partial charge >= 0.3 is 0 Å². The molecule has 12 aromatic rings. The van der Waals surface area contributed by atoms with E-state index in [1.165, 1.54) is 82.3 Å². The quantitative estimate of drug-likeness (QED) is 0.139. The van der Waals surface area contributed by atoms with Crippen molar-refractivity contribution in [1.82, 2.24) is 4.57 Å². The third kappa shape index (κ3) is 6.27. The largest absolute Gasteiger partial charge is 0.308 e. The van der Waals surface area contributed by atoms with Crippen LogP contribution >= 0.6 is 0 Å². The summed E-state index contributed by atoms with van der Waals surface area (Å²) < 4.78 is 2.44. The van der Waals surface area contributed by atoms with Crippen LogP contribution in [-0.4, -0.2) is 4.57 Å². The van der Waals surface area contributed by atoms with E-state index in [4.69, 9.17) is 0 Å². The van der Waals surface area contributed by atoms with E-state index in [1.54, 1.807) is 0 Å². The van der Waals surface area contributed by atoms with Crippen LogP contribution in [0.1, 0.15) is 0 Å². The zero-order chi connectivity index (χ0) is 42.4. The van der Waals surface area contributed by atoms with Gasteiger partial charge in [-0.2, -0.15) is 0 Å². The summed E-state index contributed by atoms with van der Waals surface area (Å²) >= 11 is 0. The SMILES string of the molecule is c1ccc(-c2ccccc2-c2ccccc2-c2ccccc2N(c2ccc(-c3cc4ccccc4c4ccccc34)cc2)c2ccccc2-n2c3ccccc3c3ccccc32)cc1. The maximum Gasteiger partial charge on any atom is 0.0702 e. The molecule has 1 aromatic heterocycles. The number of fused-ring (bicyclic) bond motifs is 6. The Kier molecular flexibility index (Phi) is 9.20. The van der Waals surface area contributed by atoms with Gasteiger partial charge in [-0.3, -0.25) is 0 Å². The van der Waals surface area contributed by atoms with Crippen molar-refractivity contribution in [2.45, 2.75) is 0 Å². The minimum Gasteiger partial charge on any atom is -0.308 e. The fraction of sp³-hybridized carbons (Fsp3) is 0. The highest BCUT2D eigenvalue weighted by Gasteiger charge is 2.24. The lowest BCUT2D eigenvalue weighted by Crippen LogP contribution is -2.14. The van der Waals surface area contributed by atoms with E-state index in [-0.39, 0.29) is 0 Å². The van der Waals surface area contributed by atoms with E-state index in [0.717, 1.165) is 28.3 Å². The first-order chi connectivity index (χ1) is 31.8. The molecule has 0 aliphatic carbocycles. The molecule has 0 aliphatic rings. The van der Waals surface area contributed by atoms with Gasteiger partial charge in [-0.05, 0) is 109 Å². The Morgan fingerprint density at radius 2 is 0.719 bits per heavy atom. The van der Waals surface area contributed by atoms with Crippen molar-refractivity contribution < 1.29 is 0 Å². The summed E-state index contributed by atoms with van der Waals surface area (Å²) in [6.07, 6.45) is 0. The molecule has 0 aliphatic heterocycles. The third-order valence-electron chi connectivity index (χ3n) is 12.8. The number of para-hydroxylation sites is 5. The van der Waals surface area contributed by atoms with Crippen molar-refractivity contribution in [2.24, 2.45) is 0 Å². The molecule has 0 spiro atoms.